The number of piperidine rings is 1. The average molecular weight is 526 g/mol. The highest BCUT2D eigenvalue weighted by Crippen LogP contribution is 2.42. The van der Waals surface area contributed by atoms with Gasteiger partial charge in [0.25, 0.3) is 0 Å². The smallest absolute Gasteiger partial charge is 0.319 e. The van der Waals surface area contributed by atoms with Crippen molar-refractivity contribution in [2.45, 2.75) is 57.6 Å². The molecule has 3 N–H and O–H groups in total. The maximum Gasteiger partial charge on any atom is 0.319 e. The normalized spacial score (nSPS) is 27.3. The average Bonchev–Trinajstić information content (AvgIpc) is 3.40. The van der Waals surface area contributed by atoms with Gasteiger partial charge in [-0.05, 0) is 30.2 Å². The van der Waals surface area contributed by atoms with Gasteiger partial charge in [-0.3, -0.25) is 0 Å². The van der Waals surface area contributed by atoms with Crippen molar-refractivity contribution >= 4 is 11.7 Å². The molecule has 3 fully saturated rings. The van der Waals surface area contributed by atoms with E-state index in [2.05, 4.69) is 22.5 Å². The molecule has 0 aromatic heterocycles. The molecule has 2 aromatic carbocycles. The Morgan fingerprint density at radius 3 is 2.29 bits per heavy atom. The molecule has 2 amide bonds. The van der Waals surface area contributed by atoms with Crippen LogP contribution in [0.15, 0.2) is 48.5 Å². The van der Waals surface area contributed by atoms with E-state index in [-0.39, 0.29) is 30.8 Å². The molecule has 206 valence electrons. The van der Waals surface area contributed by atoms with Gasteiger partial charge in [0, 0.05) is 56.2 Å². The number of hydrogen-bond acceptors (Lipinski definition) is 7. The Balaban J connectivity index is 1.32. The van der Waals surface area contributed by atoms with Crippen LogP contribution in [-0.2, 0) is 25.6 Å². The summed E-state index contributed by atoms with van der Waals surface area (Å²) in [6, 6.07) is 15.3. The third-order valence-corrected chi connectivity index (χ3v) is 7.77. The Bertz CT molecular complexity index is 1050. The summed E-state index contributed by atoms with van der Waals surface area (Å²) >= 11 is 0. The van der Waals surface area contributed by atoms with Crippen LogP contribution in [0.4, 0.5) is 10.5 Å². The number of nitrogens with one attached hydrogen (secondary N) is 2. The maximum absolute atomic E-state index is 11.9. The third-order valence-electron chi connectivity index (χ3n) is 7.77. The van der Waals surface area contributed by atoms with Gasteiger partial charge >= 0.3 is 6.03 Å². The van der Waals surface area contributed by atoms with Crippen LogP contribution in [0.25, 0.3) is 0 Å². The molecule has 4 atom stereocenters. The number of aliphatic hydroxyl groups excluding tert-OH is 1. The molecule has 2 aromatic rings. The maximum atomic E-state index is 11.9. The van der Waals surface area contributed by atoms with Crippen LogP contribution >= 0.6 is 0 Å². The third kappa shape index (κ3) is 6.20. The van der Waals surface area contributed by atoms with Gasteiger partial charge in [-0.15, -0.1) is 0 Å². The van der Waals surface area contributed by atoms with E-state index in [1.54, 1.807) is 0 Å². The number of rotatable bonds is 7. The molecule has 0 saturated carbocycles. The molecule has 3 saturated heterocycles. The largest absolute Gasteiger partial charge is 0.392 e. The molecule has 3 aliphatic heterocycles. The Morgan fingerprint density at radius 1 is 1.00 bits per heavy atom. The molecule has 3 aliphatic rings. The van der Waals surface area contributed by atoms with Crippen molar-refractivity contribution in [3.05, 3.63) is 65.2 Å². The number of likely N-dealkylation sites (tertiary alicyclic amines) is 1. The topological polar surface area (TPSA) is 102 Å². The van der Waals surface area contributed by atoms with Gasteiger partial charge in [-0.2, -0.15) is 0 Å². The predicted octanol–water partition coefficient (Wildman–Crippen LogP) is 3.95. The summed E-state index contributed by atoms with van der Waals surface area (Å²) in [6.45, 7) is 8.57. The second-order valence-corrected chi connectivity index (χ2v) is 10.3. The predicted molar refractivity (Wildman–Crippen MR) is 142 cm³/mol. The number of carbonyl (C=O) groups is 1. The fourth-order valence-electron chi connectivity index (χ4n) is 5.50. The fraction of sp³-hybridized carbons (Fsp3) is 0.552. The lowest BCUT2D eigenvalue weighted by Crippen LogP contribution is -2.50. The zero-order chi connectivity index (χ0) is 26.5. The zero-order valence-electron chi connectivity index (χ0n) is 22.2. The lowest BCUT2D eigenvalue weighted by Gasteiger charge is -2.44. The van der Waals surface area contributed by atoms with E-state index in [0.29, 0.717) is 25.4 Å². The van der Waals surface area contributed by atoms with Crippen molar-refractivity contribution in [2.24, 2.45) is 5.92 Å². The Kier molecular flexibility index (Phi) is 8.62. The first kappa shape index (κ1) is 27.1. The fourth-order valence-corrected chi connectivity index (χ4v) is 5.50. The summed E-state index contributed by atoms with van der Waals surface area (Å²) in [5, 5.41) is 15.0. The molecular weight excluding hydrogens is 486 g/mol. The minimum absolute atomic E-state index is 0.0102. The summed E-state index contributed by atoms with van der Waals surface area (Å²) in [4.78, 5) is 14.3. The van der Waals surface area contributed by atoms with E-state index < -0.39 is 12.1 Å². The number of urea groups is 1. The highest BCUT2D eigenvalue weighted by Gasteiger charge is 2.43. The van der Waals surface area contributed by atoms with Crippen molar-refractivity contribution in [1.29, 1.82) is 0 Å². The monoisotopic (exact) mass is 525 g/mol. The summed E-state index contributed by atoms with van der Waals surface area (Å²) in [6.07, 6.45) is 0.955. The SMILES string of the molecule is CCNC(=O)Nc1ccc([C@H]2O[C@@H](CN3CCC4(CC3)OCCO4)[C@@H](C)[C@@H](c3ccc(CO)cc3)O2)cc1. The molecular formula is C29H39N3O6. The summed E-state index contributed by atoms with van der Waals surface area (Å²) in [5.41, 5.74) is 3.53. The van der Waals surface area contributed by atoms with E-state index in [1.807, 2.05) is 55.5 Å². The second kappa shape index (κ2) is 12.1. The molecule has 1 spiro atoms. The molecule has 9 heteroatoms. The minimum Gasteiger partial charge on any atom is -0.392 e. The van der Waals surface area contributed by atoms with Crippen LogP contribution in [0.2, 0.25) is 0 Å². The van der Waals surface area contributed by atoms with Crippen molar-refractivity contribution in [3.8, 4) is 0 Å². The highest BCUT2D eigenvalue weighted by atomic mass is 16.7. The van der Waals surface area contributed by atoms with E-state index in [4.69, 9.17) is 18.9 Å². The molecule has 5 rings (SSSR count). The minimum atomic E-state index is -0.546. The van der Waals surface area contributed by atoms with Gasteiger partial charge in [0.2, 0.25) is 0 Å². The first-order chi connectivity index (χ1) is 18.5. The van der Waals surface area contributed by atoms with Crippen molar-refractivity contribution in [3.63, 3.8) is 0 Å². The van der Waals surface area contributed by atoms with Gasteiger partial charge in [0.1, 0.15) is 0 Å². The lowest BCUT2D eigenvalue weighted by molar-refractivity contribution is -0.278. The van der Waals surface area contributed by atoms with Gasteiger partial charge in [0.15, 0.2) is 12.1 Å². The highest BCUT2D eigenvalue weighted by molar-refractivity contribution is 5.89. The summed E-state index contributed by atoms with van der Waals surface area (Å²) < 4.78 is 25.0. The van der Waals surface area contributed by atoms with Crippen LogP contribution in [0.1, 0.15) is 55.8 Å². The number of ether oxygens (including phenoxy) is 4. The quantitative estimate of drug-likeness (QED) is 0.503. The van der Waals surface area contributed by atoms with E-state index in [9.17, 15) is 9.90 Å². The van der Waals surface area contributed by atoms with Crippen LogP contribution in [0, 0.1) is 5.92 Å². The Morgan fingerprint density at radius 2 is 1.66 bits per heavy atom. The van der Waals surface area contributed by atoms with Gasteiger partial charge in [0.05, 0.1) is 32.0 Å². The van der Waals surface area contributed by atoms with E-state index >= 15 is 0 Å². The van der Waals surface area contributed by atoms with Crippen molar-refractivity contribution in [2.75, 3.05) is 44.7 Å². The van der Waals surface area contributed by atoms with Gasteiger partial charge < -0.3 is 39.6 Å². The van der Waals surface area contributed by atoms with Crippen LogP contribution in [-0.4, -0.2) is 67.3 Å². The lowest BCUT2D eigenvalue weighted by atomic mass is 9.89. The van der Waals surface area contributed by atoms with Crippen molar-refractivity contribution < 1.29 is 28.8 Å². The number of hydrogen-bond donors (Lipinski definition) is 3. The molecule has 38 heavy (non-hydrogen) atoms. The second-order valence-electron chi connectivity index (χ2n) is 10.3. The number of anilines is 1. The summed E-state index contributed by atoms with van der Waals surface area (Å²) in [5.74, 6) is -0.290. The zero-order valence-corrected chi connectivity index (χ0v) is 22.2. The molecule has 3 heterocycles. The molecule has 0 radical (unpaired) electrons. The Hall–Kier alpha value is -2.53. The van der Waals surface area contributed by atoms with Gasteiger partial charge in [-0.1, -0.05) is 43.3 Å². The number of carbonyl (C=O) groups excluding carboxylic acids is 1. The number of amides is 2. The molecule has 0 unspecified atom stereocenters. The first-order valence-corrected chi connectivity index (χ1v) is 13.6. The molecule has 0 aliphatic carbocycles. The molecule has 9 nitrogen and oxygen atoms in total. The van der Waals surface area contributed by atoms with Crippen molar-refractivity contribution in [1.82, 2.24) is 10.2 Å². The number of nitrogens with zero attached hydrogens (tertiary/aromatic N) is 1. The van der Waals surface area contributed by atoms with E-state index in [1.165, 1.54) is 0 Å². The number of benzene rings is 2. The van der Waals surface area contributed by atoms with Crippen LogP contribution in [0.5, 0.6) is 0 Å². The molecule has 0 bridgehead atoms. The summed E-state index contributed by atoms with van der Waals surface area (Å²) in [7, 11) is 0. The van der Waals surface area contributed by atoms with E-state index in [0.717, 1.165) is 49.2 Å². The van der Waals surface area contributed by atoms with Crippen LogP contribution < -0.4 is 10.6 Å². The number of aliphatic hydroxyl groups is 1. The van der Waals surface area contributed by atoms with Crippen LogP contribution in [0.3, 0.4) is 0 Å². The first-order valence-electron chi connectivity index (χ1n) is 13.6. The Labute approximate surface area is 224 Å². The van der Waals surface area contributed by atoms with Gasteiger partial charge in [-0.25, -0.2) is 4.79 Å². The standard InChI is InChI=1S/C29H39N3O6/c1-3-30-28(34)31-24-10-8-23(9-11-24)27-37-25(18-32-14-12-29(13-15-32)35-16-17-36-29)20(2)26(38-27)22-6-4-21(19-33)5-7-22/h4-11,20,25-27,33H,3,12-19H2,1-2H3,(H2,30,31,34)/t20-,25+,26+,27+/m1/s1.